The Balaban J connectivity index is 2.21. The summed E-state index contributed by atoms with van der Waals surface area (Å²) < 4.78 is 4.15. The van der Waals surface area contributed by atoms with E-state index in [0.29, 0.717) is 6.04 Å². The lowest BCUT2D eigenvalue weighted by Crippen LogP contribution is -2.22. The summed E-state index contributed by atoms with van der Waals surface area (Å²) in [6, 6.07) is 8.74. The molecule has 96 valence electrons. The summed E-state index contributed by atoms with van der Waals surface area (Å²) in [7, 11) is 0. The molecule has 1 aromatic heterocycles. The van der Waals surface area contributed by atoms with Gasteiger partial charge in [-0.25, -0.2) is 4.68 Å². The van der Waals surface area contributed by atoms with E-state index in [1.165, 1.54) is 3.57 Å². The topological polar surface area (TPSA) is 29.9 Å². The zero-order valence-corrected chi connectivity index (χ0v) is 14.1. The van der Waals surface area contributed by atoms with Crippen LogP contribution in [-0.2, 0) is 6.54 Å². The Labute approximate surface area is 129 Å². The van der Waals surface area contributed by atoms with Crippen molar-refractivity contribution in [3.05, 3.63) is 44.2 Å². The third kappa shape index (κ3) is 3.55. The first kappa shape index (κ1) is 14.0. The third-order valence-corrected chi connectivity index (χ3v) is 3.83. The Morgan fingerprint density at radius 3 is 2.89 bits per heavy atom. The van der Waals surface area contributed by atoms with E-state index in [9.17, 15) is 0 Å². The molecule has 18 heavy (non-hydrogen) atoms. The molecule has 2 rings (SSSR count). The largest absolute Gasteiger partial charge is 0.309 e. The number of nitrogens with zero attached hydrogens (tertiary/aromatic N) is 2. The monoisotopic (exact) mass is 419 g/mol. The molecular formula is C13H15BrIN3. The number of hydrogen-bond donors (Lipinski definition) is 1. The number of halogens is 2. The fourth-order valence-electron chi connectivity index (χ4n) is 1.56. The second-order valence-corrected chi connectivity index (χ2v) is 6.48. The van der Waals surface area contributed by atoms with Crippen molar-refractivity contribution in [3.63, 3.8) is 0 Å². The number of rotatable bonds is 4. The van der Waals surface area contributed by atoms with Gasteiger partial charge in [-0.3, -0.25) is 0 Å². The first-order valence-corrected chi connectivity index (χ1v) is 7.67. The normalized spacial score (nSPS) is 11.2. The van der Waals surface area contributed by atoms with Gasteiger partial charge in [0.1, 0.15) is 0 Å². The van der Waals surface area contributed by atoms with Gasteiger partial charge in [0.2, 0.25) is 0 Å². The summed E-state index contributed by atoms with van der Waals surface area (Å²) in [5.41, 5.74) is 2.12. The molecule has 1 N–H and O–H groups in total. The van der Waals surface area contributed by atoms with E-state index in [1.54, 1.807) is 0 Å². The average Bonchev–Trinajstić information content (AvgIpc) is 2.78. The first-order chi connectivity index (χ1) is 8.56. The van der Waals surface area contributed by atoms with Crippen LogP contribution in [-0.4, -0.2) is 15.8 Å². The molecule has 1 heterocycles. The van der Waals surface area contributed by atoms with E-state index in [2.05, 4.69) is 74.9 Å². The minimum absolute atomic E-state index is 0.472. The van der Waals surface area contributed by atoms with Crippen LogP contribution in [0.1, 0.15) is 19.5 Å². The zero-order chi connectivity index (χ0) is 13.1. The lowest BCUT2D eigenvalue weighted by Gasteiger charge is -2.06. The summed E-state index contributed by atoms with van der Waals surface area (Å²) in [5, 5.41) is 7.94. The Hall–Kier alpha value is -0.400. The van der Waals surface area contributed by atoms with Crippen molar-refractivity contribution in [2.75, 3.05) is 0 Å². The minimum atomic E-state index is 0.472. The first-order valence-electron chi connectivity index (χ1n) is 5.79. The van der Waals surface area contributed by atoms with Gasteiger partial charge in [-0.05, 0) is 62.8 Å². The van der Waals surface area contributed by atoms with Gasteiger partial charge < -0.3 is 5.32 Å². The molecule has 0 spiro atoms. The molecule has 0 radical (unpaired) electrons. The van der Waals surface area contributed by atoms with Crippen LogP contribution in [0.2, 0.25) is 0 Å². The highest BCUT2D eigenvalue weighted by atomic mass is 127. The second-order valence-electron chi connectivity index (χ2n) is 4.38. The fourth-order valence-corrected chi connectivity index (χ4v) is 2.46. The van der Waals surface area contributed by atoms with E-state index < -0.39 is 0 Å². The molecule has 0 saturated heterocycles. The van der Waals surface area contributed by atoms with Gasteiger partial charge >= 0.3 is 0 Å². The second kappa shape index (κ2) is 6.16. The van der Waals surface area contributed by atoms with Crippen molar-refractivity contribution in [1.29, 1.82) is 0 Å². The lowest BCUT2D eigenvalue weighted by molar-refractivity contribution is 0.578. The van der Waals surface area contributed by atoms with Crippen molar-refractivity contribution in [3.8, 4) is 5.69 Å². The van der Waals surface area contributed by atoms with Crippen LogP contribution in [0.25, 0.3) is 5.69 Å². The molecule has 3 nitrogen and oxygen atoms in total. The summed E-state index contributed by atoms with van der Waals surface area (Å²) in [6.07, 6.45) is 1.99. The molecule has 0 fully saturated rings. The van der Waals surface area contributed by atoms with Crippen LogP contribution in [0, 0.1) is 3.57 Å². The third-order valence-electron chi connectivity index (χ3n) is 2.49. The maximum absolute atomic E-state index is 4.58. The van der Waals surface area contributed by atoms with Gasteiger partial charge in [-0.15, -0.1) is 0 Å². The molecular weight excluding hydrogens is 405 g/mol. The molecule has 2 aromatic rings. The van der Waals surface area contributed by atoms with Gasteiger partial charge in [0.25, 0.3) is 0 Å². The number of nitrogens with one attached hydrogen (secondary N) is 1. The van der Waals surface area contributed by atoms with Gasteiger partial charge in [-0.2, -0.15) is 5.10 Å². The SMILES string of the molecule is CC(C)NCc1ccn(-c2cc(I)ccc2Br)n1. The van der Waals surface area contributed by atoms with Gasteiger partial charge in [0.15, 0.2) is 0 Å². The smallest absolute Gasteiger partial charge is 0.0798 e. The van der Waals surface area contributed by atoms with E-state index in [0.717, 1.165) is 22.4 Å². The fraction of sp³-hybridized carbons (Fsp3) is 0.308. The van der Waals surface area contributed by atoms with Gasteiger partial charge in [-0.1, -0.05) is 13.8 Å². The van der Waals surface area contributed by atoms with Crippen LogP contribution >= 0.6 is 38.5 Å². The summed E-state index contributed by atoms with van der Waals surface area (Å²) in [5.74, 6) is 0. The predicted octanol–water partition coefficient (Wildman–Crippen LogP) is 3.74. The van der Waals surface area contributed by atoms with Crippen molar-refractivity contribution < 1.29 is 0 Å². The predicted molar refractivity (Wildman–Crippen MR) is 86.0 cm³/mol. The minimum Gasteiger partial charge on any atom is -0.309 e. The van der Waals surface area contributed by atoms with E-state index in [-0.39, 0.29) is 0 Å². The molecule has 1 aromatic carbocycles. The van der Waals surface area contributed by atoms with Crippen molar-refractivity contribution in [1.82, 2.24) is 15.1 Å². The summed E-state index contributed by atoms with van der Waals surface area (Å²) in [4.78, 5) is 0. The molecule has 0 aliphatic rings. The van der Waals surface area contributed by atoms with Crippen molar-refractivity contribution in [2.24, 2.45) is 0 Å². The Morgan fingerprint density at radius 1 is 1.39 bits per heavy atom. The quantitative estimate of drug-likeness (QED) is 0.765. The highest BCUT2D eigenvalue weighted by Gasteiger charge is 2.06. The molecule has 0 unspecified atom stereocenters. The molecule has 0 aliphatic carbocycles. The van der Waals surface area contributed by atoms with Crippen LogP contribution < -0.4 is 5.32 Å². The highest BCUT2D eigenvalue weighted by molar-refractivity contribution is 14.1. The summed E-state index contributed by atoms with van der Waals surface area (Å²) in [6.45, 7) is 5.06. The maximum atomic E-state index is 4.58. The van der Waals surface area contributed by atoms with E-state index >= 15 is 0 Å². The number of benzene rings is 1. The number of hydrogen-bond acceptors (Lipinski definition) is 2. The van der Waals surface area contributed by atoms with Crippen LogP contribution in [0.3, 0.4) is 0 Å². The summed E-state index contributed by atoms with van der Waals surface area (Å²) >= 11 is 5.87. The molecule has 0 atom stereocenters. The average molecular weight is 420 g/mol. The van der Waals surface area contributed by atoms with Crippen molar-refractivity contribution in [2.45, 2.75) is 26.4 Å². The molecule has 0 amide bonds. The highest BCUT2D eigenvalue weighted by Crippen LogP contribution is 2.22. The van der Waals surface area contributed by atoms with Crippen LogP contribution in [0.5, 0.6) is 0 Å². The molecule has 0 bridgehead atoms. The molecule has 0 saturated carbocycles. The Morgan fingerprint density at radius 2 is 2.17 bits per heavy atom. The molecule has 0 aliphatic heterocycles. The Bertz CT molecular complexity index is 537. The van der Waals surface area contributed by atoms with E-state index in [4.69, 9.17) is 0 Å². The van der Waals surface area contributed by atoms with Gasteiger partial charge in [0.05, 0.1) is 11.4 Å². The standard InChI is InChI=1S/C13H15BrIN3/c1-9(2)16-8-11-5-6-18(17-11)13-7-10(15)3-4-12(13)14/h3-7,9,16H,8H2,1-2H3. The van der Waals surface area contributed by atoms with Crippen LogP contribution in [0.15, 0.2) is 34.9 Å². The van der Waals surface area contributed by atoms with Gasteiger partial charge in [0, 0.05) is 26.8 Å². The number of aromatic nitrogens is 2. The lowest BCUT2D eigenvalue weighted by atomic mass is 10.3. The molecule has 5 heteroatoms. The zero-order valence-electron chi connectivity index (χ0n) is 10.3. The van der Waals surface area contributed by atoms with E-state index in [1.807, 2.05) is 23.0 Å². The maximum Gasteiger partial charge on any atom is 0.0798 e. The van der Waals surface area contributed by atoms with Crippen molar-refractivity contribution >= 4 is 38.5 Å². The Kier molecular flexibility index (Phi) is 4.80. The van der Waals surface area contributed by atoms with Crippen LogP contribution in [0.4, 0.5) is 0 Å².